The highest BCUT2D eigenvalue weighted by molar-refractivity contribution is 7.80. The zero-order valence-electron chi connectivity index (χ0n) is 13.8. The summed E-state index contributed by atoms with van der Waals surface area (Å²) in [5.41, 5.74) is 1.64. The molecule has 3 rings (SSSR count). The molecular formula is C19H13Cl2F2N3S. The predicted octanol–water partition coefficient (Wildman–Crippen LogP) is 5.82. The number of nitrogens with zero attached hydrogens (tertiary/aromatic N) is 1. The summed E-state index contributed by atoms with van der Waals surface area (Å²) in [7, 11) is 0. The van der Waals surface area contributed by atoms with E-state index in [1.54, 1.807) is 30.3 Å². The highest BCUT2D eigenvalue weighted by Crippen LogP contribution is 2.29. The summed E-state index contributed by atoms with van der Waals surface area (Å²) < 4.78 is 27.6. The van der Waals surface area contributed by atoms with Crippen molar-refractivity contribution in [2.45, 2.75) is 6.54 Å². The van der Waals surface area contributed by atoms with Crippen molar-refractivity contribution in [2.24, 2.45) is 0 Å². The minimum Gasteiger partial charge on any atom is -0.358 e. The van der Waals surface area contributed by atoms with E-state index >= 15 is 0 Å². The maximum atomic E-state index is 14.1. The van der Waals surface area contributed by atoms with Gasteiger partial charge in [0.05, 0.1) is 21.4 Å². The van der Waals surface area contributed by atoms with Crippen LogP contribution in [-0.2, 0) is 6.54 Å². The molecule has 1 heterocycles. The van der Waals surface area contributed by atoms with E-state index in [0.717, 1.165) is 18.2 Å². The fourth-order valence-electron chi connectivity index (χ4n) is 2.45. The SMILES string of the molecule is Fc1ccc(F)c(-c2ncccc2CNC(=S)Nc2cccc(Cl)c2Cl)c1. The van der Waals surface area contributed by atoms with Crippen LogP contribution in [0.2, 0.25) is 10.0 Å². The number of anilines is 1. The molecule has 0 saturated carbocycles. The lowest BCUT2D eigenvalue weighted by atomic mass is 10.1. The zero-order valence-corrected chi connectivity index (χ0v) is 16.1. The van der Waals surface area contributed by atoms with E-state index in [-0.39, 0.29) is 12.1 Å². The van der Waals surface area contributed by atoms with Crippen molar-refractivity contribution in [3.8, 4) is 11.3 Å². The Balaban J connectivity index is 1.76. The molecule has 3 aromatic rings. The van der Waals surface area contributed by atoms with Crippen molar-refractivity contribution in [3.63, 3.8) is 0 Å². The molecule has 138 valence electrons. The Morgan fingerprint density at radius 3 is 2.70 bits per heavy atom. The number of aromatic nitrogens is 1. The Kier molecular flexibility index (Phi) is 6.21. The molecule has 0 saturated heterocycles. The topological polar surface area (TPSA) is 37.0 Å². The number of nitrogens with one attached hydrogen (secondary N) is 2. The molecule has 0 aliphatic carbocycles. The van der Waals surface area contributed by atoms with Crippen LogP contribution in [0.5, 0.6) is 0 Å². The average Bonchev–Trinajstić information content (AvgIpc) is 2.66. The third-order valence-electron chi connectivity index (χ3n) is 3.71. The molecule has 0 unspecified atom stereocenters. The predicted molar refractivity (Wildman–Crippen MR) is 109 cm³/mol. The number of pyridine rings is 1. The quantitative estimate of drug-likeness (QED) is 0.518. The molecule has 0 aliphatic rings. The third-order valence-corrected chi connectivity index (χ3v) is 4.78. The first kappa shape index (κ1) is 19.5. The maximum Gasteiger partial charge on any atom is 0.171 e. The summed E-state index contributed by atoms with van der Waals surface area (Å²) in [6.07, 6.45) is 1.52. The van der Waals surface area contributed by atoms with Crippen molar-refractivity contribution >= 4 is 46.2 Å². The fraction of sp³-hybridized carbons (Fsp3) is 0.0526. The van der Waals surface area contributed by atoms with Crippen LogP contribution >= 0.6 is 35.4 Å². The second-order valence-electron chi connectivity index (χ2n) is 5.54. The number of hydrogen-bond acceptors (Lipinski definition) is 2. The zero-order chi connectivity index (χ0) is 19.4. The molecule has 2 aromatic carbocycles. The summed E-state index contributed by atoms with van der Waals surface area (Å²) >= 11 is 17.4. The fourth-order valence-corrected chi connectivity index (χ4v) is 2.97. The van der Waals surface area contributed by atoms with E-state index in [1.807, 2.05) is 0 Å². The van der Waals surface area contributed by atoms with E-state index in [4.69, 9.17) is 35.4 Å². The molecule has 0 bridgehead atoms. The van der Waals surface area contributed by atoms with Gasteiger partial charge in [-0.25, -0.2) is 8.78 Å². The van der Waals surface area contributed by atoms with Crippen molar-refractivity contribution in [1.29, 1.82) is 0 Å². The lowest BCUT2D eigenvalue weighted by Crippen LogP contribution is -2.28. The standard InChI is InChI=1S/C19H13Cl2F2N3S/c20-14-4-1-5-16(17(14)21)26-19(27)25-10-11-3-2-8-24-18(11)13-9-12(22)6-7-15(13)23/h1-9H,10H2,(H2,25,26,27). The van der Waals surface area contributed by atoms with E-state index in [9.17, 15) is 8.78 Å². The monoisotopic (exact) mass is 423 g/mol. The molecule has 0 amide bonds. The van der Waals surface area contributed by atoms with E-state index in [1.165, 1.54) is 6.20 Å². The number of rotatable bonds is 4. The summed E-state index contributed by atoms with van der Waals surface area (Å²) in [4.78, 5) is 4.19. The number of benzene rings is 2. The Morgan fingerprint density at radius 1 is 1.07 bits per heavy atom. The Bertz CT molecular complexity index is 998. The largest absolute Gasteiger partial charge is 0.358 e. The highest BCUT2D eigenvalue weighted by atomic mass is 35.5. The van der Waals surface area contributed by atoms with Crippen molar-refractivity contribution < 1.29 is 8.78 Å². The maximum absolute atomic E-state index is 14.1. The van der Waals surface area contributed by atoms with Gasteiger partial charge in [-0.15, -0.1) is 0 Å². The first-order chi connectivity index (χ1) is 13.0. The van der Waals surface area contributed by atoms with E-state index in [0.29, 0.717) is 32.1 Å². The highest BCUT2D eigenvalue weighted by Gasteiger charge is 2.13. The molecule has 2 N–H and O–H groups in total. The molecule has 0 aliphatic heterocycles. The normalized spacial score (nSPS) is 10.5. The van der Waals surface area contributed by atoms with Crippen LogP contribution < -0.4 is 10.6 Å². The van der Waals surface area contributed by atoms with Crippen LogP contribution in [0.3, 0.4) is 0 Å². The van der Waals surface area contributed by atoms with Gasteiger partial charge in [0.1, 0.15) is 11.6 Å². The average molecular weight is 424 g/mol. The lowest BCUT2D eigenvalue weighted by molar-refractivity contribution is 0.602. The van der Waals surface area contributed by atoms with Crippen molar-refractivity contribution in [1.82, 2.24) is 10.3 Å². The van der Waals surface area contributed by atoms with Crippen LogP contribution in [-0.4, -0.2) is 10.1 Å². The van der Waals surface area contributed by atoms with Crippen LogP contribution in [0.4, 0.5) is 14.5 Å². The summed E-state index contributed by atoms with van der Waals surface area (Å²) in [6.45, 7) is 0.253. The molecule has 0 fully saturated rings. The molecule has 0 spiro atoms. The van der Waals surface area contributed by atoms with Gasteiger partial charge in [0, 0.05) is 18.3 Å². The molecule has 0 radical (unpaired) electrons. The second kappa shape index (κ2) is 8.61. The first-order valence-electron chi connectivity index (χ1n) is 7.84. The minimum atomic E-state index is -0.553. The van der Waals surface area contributed by atoms with Crippen LogP contribution in [0.25, 0.3) is 11.3 Å². The molecule has 27 heavy (non-hydrogen) atoms. The van der Waals surface area contributed by atoms with Gasteiger partial charge < -0.3 is 10.6 Å². The van der Waals surface area contributed by atoms with Gasteiger partial charge >= 0.3 is 0 Å². The van der Waals surface area contributed by atoms with Gasteiger partial charge in [0.2, 0.25) is 0 Å². The number of hydrogen-bond donors (Lipinski definition) is 2. The van der Waals surface area contributed by atoms with Gasteiger partial charge in [-0.05, 0) is 54.2 Å². The summed E-state index contributed by atoms with van der Waals surface area (Å²) in [5.74, 6) is -1.09. The molecule has 1 aromatic heterocycles. The van der Waals surface area contributed by atoms with Crippen LogP contribution in [0.15, 0.2) is 54.7 Å². The second-order valence-corrected chi connectivity index (χ2v) is 6.74. The van der Waals surface area contributed by atoms with Gasteiger partial charge in [0.15, 0.2) is 5.11 Å². The lowest BCUT2D eigenvalue weighted by Gasteiger charge is -2.14. The van der Waals surface area contributed by atoms with Crippen molar-refractivity contribution in [3.05, 3.63) is 82.0 Å². The molecule has 3 nitrogen and oxygen atoms in total. The van der Waals surface area contributed by atoms with Gasteiger partial charge in [0.25, 0.3) is 0 Å². The third kappa shape index (κ3) is 4.71. The summed E-state index contributed by atoms with van der Waals surface area (Å²) in [5, 5.41) is 7.01. The van der Waals surface area contributed by atoms with Gasteiger partial charge in [-0.3, -0.25) is 4.98 Å². The summed E-state index contributed by atoms with van der Waals surface area (Å²) in [6, 6.07) is 11.9. The molecular weight excluding hydrogens is 411 g/mol. The molecule has 0 atom stereocenters. The number of halogens is 4. The van der Waals surface area contributed by atoms with Gasteiger partial charge in [-0.1, -0.05) is 35.3 Å². The van der Waals surface area contributed by atoms with E-state index in [2.05, 4.69) is 15.6 Å². The van der Waals surface area contributed by atoms with Crippen LogP contribution in [0, 0.1) is 11.6 Å². The Morgan fingerprint density at radius 2 is 1.89 bits per heavy atom. The Labute approximate surface area is 170 Å². The first-order valence-corrected chi connectivity index (χ1v) is 9.00. The molecule has 8 heteroatoms. The van der Waals surface area contributed by atoms with Crippen LogP contribution in [0.1, 0.15) is 5.56 Å². The smallest absolute Gasteiger partial charge is 0.171 e. The van der Waals surface area contributed by atoms with E-state index < -0.39 is 11.6 Å². The minimum absolute atomic E-state index is 0.0872. The Hall–Kier alpha value is -2.28. The van der Waals surface area contributed by atoms with Gasteiger partial charge in [-0.2, -0.15) is 0 Å². The van der Waals surface area contributed by atoms with Crippen molar-refractivity contribution in [2.75, 3.05) is 5.32 Å². The number of thiocarbonyl (C=S) groups is 1.